The molecule has 0 aliphatic heterocycles. The van der Waals surface area contributed by atoms with Crippen molar-refractivity contribution in [3.63, 3.8) is 0 Å². The number of carbonyl (C=O) groups is 1. The maximum Gasteiger partial charge on any atom is 0.244 e. The third-order valence-electron chi connectivity index (χ3n) is 2.70. The molecule has 0 radical (unpaired) electrons. The fourth-order valence-electron chi connectivity index (χ4n) is 1.70. The lowest BCUT2D eigenvalue weighted by Gasteiger charge is -2.01. The summed E-state index contributed by atoms with van der Waals surface area (Å²) in [5.41, 5.74) is 0.750. The number of nitrogens with one attached hydrogen (secondary N) is 1. The molecule has 3 heterocycles. The molecule has 0 aliphatic carbocycles. The van der Waals surface area contributed by atoms with E-state index in [1.165, 1.54) is 4.80 Å². The number of hydrogen-bond donors (Lipinski definition) is 1. The number of carbonyl (C=O) groups excluding carboxylic acids is 1. The quantitative estimate of drug-likeness (QED) is 0.738. The first-order valence-electron chi connectivity index (χ1n) is 6.28. The molecule has 0 saturated carbocycles. The summed E-state index contributed by atoms with van der Waals surface area (Å²) in [6.45, 7) is 0.323. The highest BCUT2D eigenvalue weighted by atomic mass is 16.3. The fourth-order valence-corrected chi connectivity index (χ4v) is 1.70. The van der Waals surface area contributed by atoms with E-state index in [-0.39, 0.29) is 12.5 Å². The van der Waals surface area contributed by atoms with E-state index in [9.17, 15) is 4.79 Å². The molecule has 0 fully saturated rings. The Morgan fingerprint density at radius 3 is 3.05 bits per heavy atom. The van der Waals surface area contributed by atoms with Crippen molar-refractivity contribution in [2.45, 2.75) is 13.1 Å². The Balaban J connectivity index is 1.58. The zero-order chi connectivity index (χ0) is 14.5. The van der Waals surface area contributed by atoms with Gasteiger partial charge < -0.3 is 9.73 Å². The van der Waals surface area contributed by atoms with E-state index in [1.807, 2.05) is 6.07 Å². The van der Waals surface area contributed by atoms with Crippen LogP contribution in [0.25, 0.3) is 11.4 Å². The summed E-state index contributed by atoms with van der Waals surface area (Å²) < 4.78 is 5.12. The topological polar surface area (TPSA) is 98.7 Å². The van der Waals surface area contributed by atoms with Crippen LogP contribution in [0, 0.1) is 0 Å². The summed E-state index contributed by atoms with van der Waals surface area (Å²) in [6.07, 6.45) is 4.86. The molecule has 0 saturated heterocycles. The monoisotopic (exact) mass is 284 g/mol. The Morgan fingerprint density at radius 1 is 1.33 bits per heavy atom. The molecule has 0 spiro atoms. The zero-order valence-corrected chi connectivity index (χ0v) is 11.0. The maximum atomic E-state index is 11.8. The molecular formula is C13H12N6O2. The van der Waals surface area contributed by atoms with Gasteiger partial charge in [-0.05, 0) is 29.5 Å². The molecule has 1 N–H and O–H groups in total. The predicted molar refractivity (Wildman–Crippen MR) is 71.6 cm³/mol. The number of aromatic nitrogens is 5. The number of tetrazole rings is 1. The molecule has 0 aliphatic rings. The average Bonchev–Trinajstić information content (AvgIpc) is 3.17. The van der Waals surface area contributed by atoms with Crippen molar-refractivity contribution in [1.29, 1.82) is 0 Å². The highest BCUT2D eigenvalue weighted by Gasteiger charge is 2.09. The van der Waals surface area contributed by atoms with Crippen LogP contribution in [0.3, 0.4) is 0 Å². The first-order valence-corrected chi connectivity index (χ1v) is 6.28. The highest BCUT2D eigenvalue weighted by molar-refractivity contribution is 5.75. The van der Waals surface area contributed by atoms with Crippen molar-refractivity contribution in [3.05, 3.63) is 48.7 Å². The summed E-state index contributed by atoms with van der Waals surface area (Å²) in [7, 11) is 0. The van der Waals surface area contributed by atoms with Crippen molar-refractivity contribution in [1.82, 2.24) is 30.5 Å². The first kappa shape index (κ1) is 13.0. The smallest absolute Gasteiger partial charge is 0.244 e. The third-order valence-corrected chi connectivity index (χ3v) is 2.70. The minimum absolute atomic E-state index is 0.00598. The van der Waals surface area contributed by atoms with Gasteiger partial charge in [0.2, 0.25) is 11.7 Å². The molecule has 21 heavy (non-hydrogen) atoms. The lowest BCUT2D eigenvalue weighted by Crippen LogP contribution is -2.27. The Morgan fingerprint density at radius 2 is 2.29 bits per heavy atom. The van der Waals surface area contributed by atoms with Gasteiger partial charge in [-0.15, -0.1) is 10.2 Å². The molecule has 8 nitrogen and oxygen atoms in total. The van der Waals surface area contributed by atoms with Crippen LogP contribution in [-0.2, 0) is 17.9 Å². The van der Waals surface area contributed by atoms with Crippen LogP contribution in [-0.4, -0.2) is 31.1 Å². The van der Waals surface area contributed by atoms with E-state index in [1.54, 1.807) is 36.9 Å². The zero-order valence-electron chi connectivity index (χ0n) is 11.0. The van der Waals surface area contributed by atoms with Crippen molar-refractivity contribution in [2.24, 2.45) is 0 Å². The minimum atomic E-state index is -0.221. The van der Waals surface area contributed by atoms with Gasteiger partial charge >= 0.3 is 0 Å². The number of amides is 1. The van der Waals surface area contributed by atoms with Gasteiger partial charge in [0.05, 0.1) is 12.8 Å². The number of rotatable bonds is 5. The standard InChI is InChI=1S/C13H12N6O2/c20-12(15-8-11-4-2-6-21-11)9-19-17-13(16-18-19)10-3-1-5-14-7-10/h1-7H,8-9H2,(H,15,20). The Bertz CT molecular complexity index is 707. The molecule has 0 bridgehead atoms. The van der Waals surface area contributed by atoms with Gasteiger partial charge in [-0.2, -0.15) is 4.80 Å². The van der Waals surface area contributed by atoms with Crippen LogP contribution < -0.4 is 5.32 Å². The molecule has 0 aromatic carbocycles. The molecule has 8 heteroatoms. The lowest BCUT2D eigenvalue weighted by molar-refractivity contribution is -0.122. The molecule has 3 aromatic heterocycles. The second-order valence-corrected chi connectivity index (χ2v) is 4.24. The molecule has 1 amide bonds. The number of hydrogen-bond acceptors (Lipinski definition) is 6. The van der Waals surface area contributed by atoms with Crippen molar-refractivity contribution in [3.8, 4) is 11.4 Å². The highest BCUT2D eigenvalue weighted by Crippen LogP contribution is 2.10. The van der Waals surface area contributed by atoms with E-state index in [0.717, 1.165) is 5.56 Å². The Labute approximate surface area is 119 Å². The molecule has 3 aromatic rings. The van der Waals surface area contributed by atoms with Crippen LogP contribution in [0.15, 0.2) is 47.3 Å². The van der Waals surface area contributed by atoms with E-state index >= 15 is 0 Å². The van der Waals surface area contributed by atoms with Gasteiger partial charge in [-0.1, -0.05) is 0 Å². The van der Waals surface area contributed by atoms with Crippen LogP contribution in [0.5, 0.6) is 0 Å². The second-order valence-electron chi connectivity index (χ2n) is 4.24. The number of nitrogens with zero attached hydrogens (tertiary/aromatic N) is 5. The fraction of sp³-hybridized carbons (Fsp3) is 0.154. The van der Waals surface area contributed by atoms with E-state index in [0.29, 0.717) is 18.1 Å². The third kappa shape index (κ3) is 3.30. The molecule has 0 unspecified atom stereocenters. The Hall–Kier alpha value is -3.03. The number of pyridine rings is 1. The molecule has 0 atom stereocenters. The van der Waals surface area contributed by atoms with Crippen molar-refractivity contribution >= 4 is 5.91 Å². The normalized spacial score (nSPS) is 10.5. The Kier molecular flexibility index (Phi) is 3.68. The van der Waals surface area contributed by atoms with E-state index in [2.05, 4.69) is 25.7 Å². The molecular weight excluding hydrogens is 272 g/mol. The van der Waals surface area contributed by atoms with Gasteiger partial charge in [0, 0.05) is 18.0 Å². The summed E-state index contributed by atoms with van der Waals surface area (Å²) in [5, 5.41) is 14.6. The largest absolute Gasteiger partial charge is 0.467 e. The van der Waals surface area contributed by atoms with Crippen LogP contribution in [0.2, 0.25) is 0 Å². The van der Waals surface area contributed by atoms with Crippen LogP contribution in [0.4, 0.5) is 0 Å². The van der Waals surface area contributed by atoms with Crippen molar-refractivity contribution in [2.75, 3.05) is 0 Å². The maximum absolute atomic E-state index is 11.8. The number of furan rings is 1. The van der Waals surface area contributed by atoms with Gasteiger partial charge in [0.1, 0.15) is 12.3 Å². The summed E-state index contributed by atoms with van der Waals surface area (Å²) >= 11 is 0. The molecule has 106 valence electrons. The van der Waals surface area contributed by atoms with E-state index in [4.69, 9.17) is 4.42 Å². The second kappa shape index (κ2) is 5.95. The SMILES string of the molecule is O=C(Cn1nnc(-c2cccnc2)n1)NCc1ccco1. The molecule has 3 rings (SSSR count). The summed E-state index contributed by atoms with van der Waals surface area (Å²) in [4.78, 5) is 17.0. The minimum Gasteiger partial charge on any atom is -0.467 e. The predicted octanol–water partition coefficient (Wildman–Crippen LogP) is 0.644. The van der Waals surface area contributed by atoms with Gasteiger partial charge in [-0.3, -0.25) is 9.78 Å². The average molecular weight is 284 g/mol. The van der Waals surface area contributed by atoms with Gasteiger partial charge in [0.15, 0.2) is 0 Å². The first-order chi connectivity index (χ1) is 10.3. The van der Waals surface area contributed by atoms with Gasteiger partial charge in [-0.25, -0.2) is 0 Å². The van der Waals surface area contributed by atoms with Crippen molar-refractivity contribution < 1.29 is 9.21 Å². The lowest BCUT2D eigenvalue weighted by atomic mass is 10.3. The van der Waals surface area contributed by atoms with Crippen LogP contribution in [0.1, 0.15) is 5.76 Å². The summed E-state index contributed by atoms with van der Waals surface area (Å²) in [5.74, 6) is 0.898. The summed E-state index contributed by atoms with van der Waals surface area (Å²) in [6, 6.07) is 7.16. The van der Waals surface area contributed by atoms with Crippen LogP contribution >= 0.6 is 0 Å². The van der Waals surface area contributed by atoms with Gasteiger partial charge in [0.25, 0.3) is 0 Å². The van der Waals surface area contributed by atoms with E-state index < -0.39 is 0 Å².